The maximum absolute atomic E-state index is 11.2. The molecule has 1 rings (SSSR count). The Hall–Kier alpha value is -0.630. The molecule has 1 aromatic rings. The van der Waals surface area contributed by atoms with Gasteiger partial charge in [0.25, 0.3) is 5.91 Å². The monoisotopic (exact) mass is 281 g/mol. The maximum Gasteiger partial charge on any atom is 0.270 e. The number of aliphatic hydroxyl groups is 1. The van der Waals surface area contributed by atoms with Gasteiger partial charge in [-0.15, -0.1) is 0 Å². The summed E-state index contributed by atoms with van der Waals surface area (Å²) >= 11 is 2.01. The first-order valence-electron chi connectivity index (χ1n) is 3.33. The third-order valence-corrected chi connectivity index (χ3v) is 2.04. The third-order valence-electron chi connectivity index (χ3n) is 1.22. The summed E-state index contributed by atoms with van der Waals surface area (Å²) in [4.78, 5) is 11.2. The summed E-state index contributed by atoms with van der Waals surface area (Å²) in [6.07, 6.45) is 1.56. The molecule has 0 fully saturated rings. The number of halogens is 1. The summed E-state index contributed by atoms with van der Waals surface area (Å²) in [5, 5.41) is 17.2. The van der Waals surface area contributed by atoms with Crippen molar-refractivity contribution >= 4 is 28.5 Å². The van der Waals surface area contributed by atoms with Crippen LogP contribution in [0.3, 0.4) is 0 Å². The van der Waals surface area contributed by atoms with E-state index in [4.69, 9.17) is 5.11 Å². The van der Waals surface area contributed by atoms with Crippen molar-refractivity contribution in [1.82, 2.24) is 15.5 Å². The molecule has 0 aliphatic rings. The van der Waals surface area contributed by atoms with E-state index in [1.165, 1.54) is 0 Å². The van der Waals surface area contributed by atoms with Crippen molar-refractivity contribution in [3.63, 3.8) is 0 Å². The average Bonchev–Trinajstić information content (AvgIpc) is 2.47. The summed E-state index contributed by atoms with van der Waals surface area (Å²) in [5.41, 5.74) is 0.434. The molecule has 0 radical (unpaired) electrons. The van der Waals surface area contributed by atoms with Crippen molar-refractivity contribution in [1.29, 1.82) is 0 Å². The van der Waals surface area contributed by atoms with Crippen molar-refractivity contribution in [2.45, 2.75) is 0 Å². The van der Waals surface area contributed by atoms with E-state index in [2.05, 4.69) is 15.5 Å². The molecule has 0 saturated heterocycles. The lowest BCUT2D eigenvalue weighted by molar-refractivity contribution is 0.0939. The molecule has 6 heteroatoms. The number of aromatic amines is 1. The lowest BCUT2D eigenvalue weighted by Crippen LogP contribution is -2.27. The summed E-state index contributed by atoms with van der Waals surface area (Å²) in [5.74, 6) is -0.244. The van der Waals surface area contributed by atoms with Gasteiger partial charge in [0.15, 0.2) is 0 Å². The van der Waals surface area contributed by atoms with Gasteiger partial charge < -0.3 is 10.4 Å². The Morgan fingerprint density at radius 2 is 2.58 bits per heavy atom. The van der Waals surface area contributed by atoms with Crippen molar-refractivity contribution in [3.05, 3.63) is 15.5 Å². The van der Waals surface area contributed by atoms with Gasteiger partial charge in [-0.1, -0.05) is 0 Å². The first kappa shape index (κ1) is 9.46. The van der Waals surface area contributed by atoms with E-state index in [-0.39, 0.29) is 19.1 Å². The quantitative estimate of drug-likeness (QED) is 0.668. The zero-order valence-electron chi connectivity index (χ0n) is 6.17. The van der Waals surface area contributed by atoms with Crippen molar-refractivity contribution in [2.75, 3.05) is 13.2 Å². The van der Waals surface area contributed by atoms with Crippen LogP contribution in [0.1, 0.15) is 10.5 Å². The van der Waals surface area contributed by atoms with Crippen LogP contribution in [0.25, 0.3) is 0 Å². The van der Waals surface area contributed by atoms with E-state index >= 15 is 0 Å². The average molecular weight is 281 g/mol. The Morgan fingerprint density at radius 3 is 3.08 bits per heavy atom. The minimum absolute atomic E-state index is 0.0591. The standard InChI is InChI=1S/C6H8IN3O2/c7-4-3-9-10-5(4)6(12)8-1-2-11/h3,11H,1-2H2,(H,8,12)(H,9,10). The smallest absolute Gasteiger partial charge is 0.270 e. The van der Waals surface area contributed by atoms with Gasteiger partial charge in [0.05, 0.1) is 16.4 Å². The van der Waals surface area contributed by atoms with Crippen molar-refractivity contribution < 1.29 is 9.90 Å². The zero-order valence-corrected chi connectivity index (χ0v) is 8.33. The zero-order chi connectivity index (χ0) is 8.97. The number of aromatic nitrogens is 2. The van der Waals surface area contributed by atoms with E-state index in [1.807, 2.05) is 22.6 Å². The number of carbonyl (C=O) groups excluding carboxylic acids is 1. The molecule has 5 nitrogen and oxygen atoms in total. The number of nitrogens with zero attached hydrogens (tertiary/aromatic N) is 1. The van der Waals surface area contributed by atoms with Crippen LogP contribution in [-0.4, -0.2) is 34.4 Å². The molecule has 3 N–H and O–H groups in total. The van der Waals surface area contributed by atoms with Crippen LogP contribution in [0.4, 0.5) is 0 Å². The molecule has 0 atom stereocenters. The highest BCUT2D eigenvalue weighted by Crippen LogP contribution is 2.06. The van der Waals surface area contributed by atoms with E-state index in [1.54, 1.807) is 6.20 Å². The van der Waals surface area contributed by atoms with Gasteiger partial charge in [-0.25, -0.2) is 0 Å². The fraction of sp³-hybridized carbons (Fsp3) is 0.333. The first-order chi connectivity index (χ1) is 5.75. The molecule has 0 aliphatic carbocycles. The number of amides is 1. The predicted molar refractivity (Wildman–Crippen MR) is 50.7 cm³/mol. The molecular formula is C6H8IN3O2. The Balaban J connectivity index is 2.59. The SMILES string of the molecule is O=C(NCCO)c1[nH]ncc1I. The number of aliphatic hydroxyl groups excluding tert-OH is 1. The molecule has 12 heavy (non-hydrogen) atoms. The molecule has 0 unspecified atom stereocenters. The fourth-order valence-corrected chi connectivity index (χ4v) is 1.19. The third kappa shape index (κ3) is 2.18. The number of hydrogen-bond acceptors (Lipinski definition) is 3. The molecule has 1 aromatic heterocycles. The van der Waals surface area contributed by atoms with Crippen molar-refractivity contribution in [2.24, 2.45) is 0 Å². The molecule has 1 heterocycles. The van der Waals surface area contributed by atoms with Gasteiger partial charge in [-0.05, 0) is 22.6 Å². The Labute approximate surface area is 82.7 Å². The highest BCUT2D eigenvalue weighted by atomic mass is 127. The minimum Gasteiger partial charge on any atom is -0.395 e. The van der Waals surface area contributed by atoms with Crippen LogP contribution in [0.2, 0.25) is 0 Å². The van der Waals surface area contributed by atoms with Crippen LogP contribution >= 0.6 is 22.6 Å². The highest BCUT2D eigenvalue weighted by Gasteiger charge is 2.10. The van der Waals surface area contributed by atoms with Gasteiger partial charge in [0.2, 0.25) is 0 Å². The van der Waals surface area contributed by atoms with Crippen LogP contribution in [0, 0.1) is 3.57 Å². The molecule has 0 spiro atoms. The second-order valence-corrected chi connectivity index (χ2v) is 3.23. The molecular weight excluding hydrogens is 273 g/mol. The van der Waals surface area contributed by atoms with Crippen LogP contribution < -0.4 is 5.32 Å². The van der Waals surface area contributed by atoms with E-state index in [0.29, 0.717) is 5.69 Å². The van der Waals surface area contributed by atoms with Crippen LogP contribution in [-0.2, 0) is 0 Å². The van der Waals surface area contributed by atoms with E-state index in [9.17, 15) is 4.79 Å². The van der Waals surface area contributed by atoms with Crippen LogP contribution in [0.15, 0.2) is 6.20 Å². The maximum atomic E-state index is 11.2. The highest BCUT2D eigenvalue weighted by molar-refractivity contribution is 14.1. The Bertz CT molecular complexity index is 274. The molecule has 0 aromatic carbocycles. The van der Waals surface area contributed by atoms with E-state index < -0.39 is 0 Å². The molecule has 0 bridgehead atoms. The van der Waals surface area contributed by atoms with Crippen LogP contribution in [0.5, 0.6) is 0 Å². The number of hydrogen-bond donors (Lipinski definition) is 3. The molecule has 1 amide bonds. The Kier molecular flexibility index (Phi) is 3.48. The largest absolute Gasteiger partial charge is 0.395 e. The van der Waals surface area contributed by atoms with Crippen molar-refractivity contribution in [3.8, 4) is 0 Å². The predicted octanol–water partition coefficient (Wildman–Crippen LogP) is -0.264. The summed E-state index contributed by atoms with van der Waals surface area (Å²) in [7, 11) is 0. The fourth-order valence-electron chi connectivity index (χ4n) is 0.689. The normalized spacial score (nSPS) is 9.83. The van der Waals surface area contributed by atoms with Gasteiger partial charge in [-0.3, -0.25) is 9.89 Å². The lowest BCUT2D eigenvalue weighted by Gasteiger charge is -1.99. The van der Waals surface area contributed by atoms with Gasteiger partial charge in [-0.2, -0.15) is 5.10 Å². The number of H-pyrrole nitrogens is 1. The number of rotatable bonds is 3. The second-order valence-electron chi connectivity index (χ2n) is 2.07. The number of nitrogens with one attached hydrogen (secondary N) is 2. The lowest BCUT2D eigenvalue weighted by atomic mass is 10.4. The topological polar surface area (TPSA) is 78.0 Å². The van der Waals surface area contributed by atoms with Gasteiger partial charge in [0.1, 0.15) is 5.69 Å². The summed E-state index contributed by atoms with van der Waals surface area (Å²) in [6.45, 7) is 0.199. The Morgan fingerprint density at radius 1 is 1.83 bits per heavy atom. The minimum atomic E-state index is -0.244. The second kappa shape index (κ2) is 4.41. The first-order valence-corrected chi connectivity index (χ1v) is 4.41. The molecule has 0 saturated carbocycles. The van der Waals surface area contributed by atoms with Gasteiger partial charge in [0, 0.05) is 6.54 Å². The number of carbonyl (C=O) groups is 1. The summed E-state index contributed by atoms with van der Waals surface area (Å²) < 4.78 is 0.767. The van der Waals surface area contributed by atoms with E-state index in [0.717, 1.165) is 3.57 Å². The van der Waals surface area contributed by atoms with Gasteiger partial charge >= 0.3 is 0 Å². The molecule has 0 aliphatic heterocycles. The molecule has 66 valence electrons. The summed E-state index contributed by atoms with van der Waals surface area (Å²) in [6, 6.07) is 0.